The van der Waals surface area contributed by atoms with Gasteiger partial charge in [-0.1, -0.05) is 18.2 Å². The fourth-order valence-corrected chi connectivity index (χ4v) is 2.97. The first-order valence-corrected chi connectivity index (χ1v) is 8.57. The van der Waals surface area contributed by atoms with Crippen LogP contribution in [0.5, 0.6) is 5.75 Å². The molecule has 1 fully saturated rings. The third kappa shape index (κ3) is 3.87. The summed E-state index contributed by atoms with van der Waals surface area (Å²) in [5.41, 5.74) is 0.566. The third-order valence-electron chi connectivity index (χ3n) is 4.25. The number of ether oxygens (including phenoxy) is 1. The van der Waals surface area contributed by atoms with E-state index in [9.17, 15) is 13.6 Å². The maximum absolute atomic E-state index is 13.9. The lowest BCUT2D eigenvalue weighted by Gasteiger charge is -2.36. The Morgan fingerprint density at radius 2 is 1.69 bits per heavy atom. The summed E-state index contributed by atoms with van der Waals surface area (Å²) in [7, 11) is 0. The van der Waals surface area contributed by atoms with Crippen molar-refractivity contribution in [3.05, 3.63) is 54.1 Å². The van der Waals surface area contributed by atoms with Crippen molar-refractivity contribution in [3.8, 4) is 5.75 Å². The Hall–Kier alpha value is -2.83. The van der Waals surface area contributed by atoms with E-state index in [1.165, 1.54) is 18.2 Å². The lowest BCUT2D eigenvalue weighted by atomic mass is 10.2. The smallest absolute Gasteiger partial charge is 0.322 e. The molecule has 1 N–H and O–H groups in total. The molecule has 0 spiro atoms. The predicted octanol–water partition coefficient (Wildman–Crippen LogP) is 3.72. The number of halogens is 2. The first kappa shape index (κ1) is 18.0. The van der Waals surface area contributed by atoms with E-state index >= 15 is 0 Å². The highest BCUT2D eigenvalue weighted by Crippen LogP contribution is 2.26. The van der Waals surface area contributed by atoms with Crippen LogP contribution in [0.15, 0.2) is 42.5 Å². The van der Waals surface area contributed by atoms with Crippen molar-refractivity contribution in [2.24, 2.45) is 0 Å². The topological polar surface area (TPSA) is 44.8 Å². The molecule has 0 bridgehead atoms. The number of para-hydroxylation sites is 3. The molecule has 2 amide bonds. The van der Waals surface area contributed by atoms with Crippen LogP contribution in [0.1, 0.15) is 6.92 Å². The second kappa shape index (κ2) is 8.03. The van der Waals surface area contributed by atoms with Crippen LogP contribution in [-0.2, 0) is 0 Å². The van der Waals surface area contributed by atoms with E-state index in [4.69, 9.17) is 4.74 Å². The summed E-state index contributed by atoms with van der Waals surface area (Å²) < 4.78 is 33.3. The molecule has 26 heavy (non-hydrogen) atoms. The number of amides is 2. The highest BCUT2D eigenvalue weighted by Gasteiger charge is 2.25. The fraction of sp³-hybridized carbons (Fsp3) is 0.316. The fourth-order valence-electron chi connectivity index (χ4n) is 2.97. The summed E-state index contributed by atoms with van der Waals surface area (Å²) in [5, 5.41) is 2.84. The van der Waals surface area contributed by atoms with E-state index < -0.39 is 11.6 Å². The monoisotopic (exact) mass is 361 g/mol. The lowest BCUT2D eigenvalue weighted by Crippen LogP contribution is -2.50. The second-order valence-corrected chi connectivity index (χ2v) is 5.90. The highest BCUT2D eigenvalue weighted by atomic mass is 19.1. The Labute approximate surface area is 151 Å². The number of benzene rings is 2. The molecule has 0 unspecified atom stereocenters. The Morgan fingerprint density at radius 1 is 1.04 bits per heavy atom. The largest absolute Gasteiger partial charge is 0.492 e. The number of nitrogens with one attached hydrogen (secondary N) is 1. The number of piperazine rings is 1. The van der Waals surface area contributed by atoms with Crippen LogP contribution < -0.4 is 15.0 Å². The zero-order valence-corrected chi connectivity index (χ0v) is 14.5. The molecule has 138 valence electrons. The van der Waals surface area contributed by atoms with Gasteiger partial charge in [-0.25, -0.2) is 13.6 Å². The normalized spacial score (nSPS) is 14.3. The van der Waals surface area contributed by atoms with E-state index in [1.54, 1.807) is 21.9 Å². The van der Waals surface area contributed by atoms with Crippen molar-refractivity contribution in [1.82, 2.24) is 4.90 Å². The van der Waals surface area contributed by atoms with Crippen LogP contribution in [0, 0.1) is 11.6 Å². The number of carbonyl (C=O) groups is 1. The van der Waals surface area contributed by atoms with E-state index in [0.29, 0.717) is 44.2 Å². The molecule has 3 rings (SSSR count). The van der Waals surface area contributed by atoms with Crippen LogP contribution in [0.3, 0.4) is 0 Å². The quantitative estimate of drug-likeness (QED) is 0.903. The van der Waals surface area contributed by atoms with Gasteiger partial charge in [-0.3, -0.25) is 0 Å². The summed E-state index contributed by atoms with van der Waals surface area (Å²) in [6, 6.07) is 10.8. The van der Waals surface area contributed by atoms with Crippen molar-refractivity contribution < 1.29 is 18.3 Å². The van der Waals surface area contributed by atoms with Crippen molar-refractivity contribution in [3.63, 3.8) is 0 Å². The number of urea groups is 1. The van der Waals surface area contributed by atoms with Gasteiger partial charge in [-0.2, -0.15) is 0 Å². The minimum absolute atomic E-state index is 0.0331. The van der Waals surface area contributed by atoms with Crippen LogP contribution in [0.4, 0.5) is 25.0 Å². The number of anilines is 2. The van der Waals surface area contributed by atoms with E-state index in [-0.39, 0.29) is 11.7 Å². The van der Waals surface area contributed by atoms with Crippen molar-refractivity contribution >= 4 is 17.4 Å². The molecular weight excluding hydrogens is 340 g/mol. The van der Waals surface area contributed by atoms with Crippen LogP contribution in [0.25, 0.3) is 0 Å². The molecule has 0 saturated carbocycles. The Balaban J connectivity index is 1.62. The minimum atomic E-state index is -0.589. The van der Waals surface area contributed by atoms with Gasteiger partial charge in [0.15, 0.2) is 0 Å². The van der Waals surface area contributed by atoms with Gasteiger partial charge >= 0.3 is 6.03 Å². The molecule has 0 atom stereocenters. The number of hydrogen-bond donors (Lipinski definition) is 1. The standard InChI is InChI=1S/C19H21F2N3O2/c1-2-26-17-9-4-3-8-16(17)22-19(25)24-12-10-23(11-13-24)18-14(20)6-5-7-15(18)21/h3-9H,2,10-13H2,1H3,(H,22,25). The zero-order valence-electron chi connectivity index (χ0n) is 14.5. The first-order valence-electron chi connectivity index (χ1n) is 8.57. The number of hydrogen-bond acceptors (Lipinski definition) is 3. The maximum atomic E-state index is 13.9. The van der Waals surface area contributed by atoms with Gasteiger partial charge in [0.2, 0.25) is 0 Å². The number of rotatable bonds is 4. The van der Waals surface area contributed by atoms with Crippen molar-refractivity contribution in [1.29, 1.82) is 0 Å². The van der Waals surface area contributed by atoms with E-state index in [1.807, 2.05) is 19.1 Å². The molecular formula is C19H21F2N3O2. The summed E-state index contributed by atoms with van der Waals surface area (Å²) in [5.74, 6) is -0.572. The van der Waals surface area contributed by atoms with Gasteiger partial charge in [-0.15, -0.1) is 0 Å². The Morgan fingerprint density at radius 3 is 2.35 bits per heavy atom. The van der Waals surface area contributed by atoms with Gasteiger partial charge in [0.25, 0.3) is 0 Å². The predicted molar refractivity (Wildman–Crippen MR) is 96.8 cm³/mol. The van der Waals surface area contributed by atoms with Gasteiger partial charge in [0, 0.05) is 26.2 Å². The SMILES string of the molecule is CCOc1ccccc1NC(=O)N1CCN(c2c(F)cccc2F)CC1. The molecule has 0 aromatic heterocycles. The van der Waals surface area contributed by atoms with Crippen LogP contribution in [-0.4, -0.2) is 43.7 Å². The minimum Gasteiger partial charge on any atom is -0.492 e. The summed E-state index contributed by atoms with van der Waals surface area (Å²) in [6.07, 6.45) is 0. The van der Waals surface area contributed by atoms with Crippen molar-refractivity contribution in [2.45, 2.75) is 6.92 Å². The molecule has 1 aliphatic rings. The van der Waals surface area contributed by atoms with Gasteiger partial charge in [-0.05, 0) is 31.2 Å². The molecule has 0 aliphatic carbocycles. The number of carbonyl (C=O) groups excluding carboxylic acids is 1. The summed E-state index contributed by atoms with van der Waals surface area (Å²) in [4.78, 5) is 15.7. The highest BCUT2D eigenvalue weighted by molar-refractivity contribution is 5.91. The zero-order chi connectivity index (χ0) is 18.5. The average molecular weight is 361 g/mol. The Bertz CT molecular complexity index is 757. The molecule has 2 aromatic carbocycles. The van der Waals surface area contributed by atoms with E-state index in [0.717, 1.165) is 0 Å². The van der Waals surface area contributed by atoms with Gasteiger partial charge in [0.1, 0.15) is 23.1 Å². The molecule has 1 aliphatic heterocycles. The second-order valence-electron chi connectivity index (χ2n) is 5.90. The van der Waals surface area contributed by atoms with E-state index in [2.05, 4.69) is 5.32 Å². The van der Waals surface area contributed by atoms with Gasteiger partial charge in [0.05, 0.1) is 12.3 Å². The van der Waals surface area contributed by atoms with Crippen molar-refractivity contribution in [2.75, 3.05) is 43.0 Å². The molecule has 5 nitrogen and oxygen atoms in total. The summed E-state index contributed by atoms with van der Waals surface area (Å²) >= 11 is 0. The average Bonchev–Trinajstić information content (AvgIpc) is 2.64. The Kier molecular flexibility index (Phi) is 5.55. The van der Waals surface area contributed by atoms with Gasteiger partial charge < -0.3 is 19.9 Å². The first-order chi connectivity index (χ1) is 12.6. The summed E-state index contributed by atoms with van der Waals surface area (Å²) in [6.45, 7) is 3.84. The molecule has 1 heterocycles. The maximum Gasteiger partial charge on any atom is 0.322 e. The van der Waals surface area contributed by atoms with Crippen LogP contribution in [0.2, 0.25) is 0 Å². The molecule has 1 saturated heterocycles. The van der Waals surface area contributed by atoms with Crippen LogP contribution >= 0.6 is 0 Å². The molecule has 2 aromatic rings. The molecule has 7 heteroatoms. The lowest BCUT2D eigenvalue weighted by molar-refractivity contribution is 0.207. The molecule has 0 radical (unpaired) electrons. The third-order valence-corrected chi connectivity index (χ3v) is 4.25. The number of nitrogens with zero attached hydrogens (tertiary/aromatic N) is 2.